The molecule has 0 bridgehead atoms. The molecule has 0 atom stereocenters. The molecule has 7 heteroatoms. The molecule has 0 aromatic heterocycles. The van der Waals surface area contributed by atoms with Crippen LogP contribution < -0.4 is 9.64 Å². The number of aryl methyl sites for hydroxylation is 3. The molecule has 0 spiro atoms. The SMILES string of the molecule is CCc1ccc(N=C2S/C(=C\c3cc(I)c(OCc4ccc(C)cc4)c(I)c3)C(=O)N2c2ccc(CC)cc2)cc1. The molecule has 0 saturated carbocycles. The number of hydrogen-bond donors (Lipinski definition) is 0. The van der Waals surface area contributed by atoms with Gasteiger partial charge in [0.2, 0.25) is 0 Å². The molecule has 0 radical (unpaired) electrons. The second kappa shape index (κ2) is 13.6. The van der Waals surface area contributed by atoms with Gasteiger partial charge >= 0.3 is 0 Å². The van der Waals surface area contributed by atoms with Crippen LogP contribution in [0, 0.1) is 14.1 Å². The van der Waals surface area contributed by atoms with Crippen LogP contribution in [0.1, 0.15) is 41.7 Å². The minimum Gasteiger partial charge on any atom is -0.487 e. The van der Waals surface area contributed by atoms with Crippen LogP contribution in [0.25, 0.3) is 6.08 Å². The first kappa shape index (κ1) is 29.8. The number of thioether (sulfide) groups is 1. The van der Waals surface area contributed by atoms with E-state index in [0.29, 0.717) is 16.7 Å². The van der Waals surface area contributed by atoms with Crippen molar-refractivity contribution in [3.63, 3.8) is 0 Å². The average Bonchev–Trinajstić information content (AvgIpc) is 3.27. The number of halogens is 2. The standard InChI is InChI=1S/C34H30I2N2O2S/c1-4-23-10-14-27(15-11-23)37-34-38(28-16-12-24(5-2)13-17-28)33(39)31(41-34)20-26-18-29(35)32(30(36)19-26)40-21-25-8-6-22(3)7-9-25/h6-20H,4-5,21H2,1-3H3/b31-20-,37-34?. The van der Waals surface area contributed by atoms with Crippen LogP contribution in [0.2, 0.25) is 0 Å². The smallest absolute Gasteiger partial charge is 0.271 e. The largest absolute Gasteiger partial charge is 0.487 e. The Balaban J connectivity index is 1.44. The van der Waals surface area contributed by atoms with Crippen molar-refractivity contribution in [1.82, 2.24) is 0 Å². The Bertz CT molecular complexity index is 1590. The molecule has 1 aliphatic rings. The average molecular weight is 785 g/mol. The summed E-state index contributed by atoms with van der Waals surface area (Å²) in [4.78, 5) is 21.1. The molecule has 4 aromatic rings. The molecule has 208 valence electrons. The summed E-state index contributed by atoms with van der Waals surface area (Å²) in [5, 5.41) is 0.650. The van der Waals surface area contributed by atoms with Crippen LogP contribution in [0.15, 0.2) is 94.8 Å². The van der Waals surface area contributed by atoms with Gasteiger partial charge in [0.25, 0.3) is 5.91 Å². The van der Waals surface area contributed by atoms with E-state index in [-0.39, 0.29) is 5.91 Å². The van der Waals surface area contributed by atoms with E-state index in [0.717, 1.165) is 48.2 Å². The summed E-state index contributed by atoms with van der Waals surface area (Å²) in [6, 6.07) is 28.8. The second-order valence-electron chi connectivity index (χ2n) is 9.77. The van der Waals surface area contributed by atoms with Crippen LogP contribution in [-0.4, -0.2) is 11.1 Å². The molecular formula is C34H30I2N2O2S. The maximum atomic E-state index is 13.8. The van der Waals surface area contributed by atoms with E-state index < -0.39 is 0 Å². The molecule has 1 fully saturated rings. The Morgan fingerprint density at radius 2 is 1.39 bits per heavy atom. The summed E-state index contributed by atoms with van der Waals surface area (Å²) in [5.74, 6) is 0.780. The molecule has 4 nitrogen and oxygen atoms in total. The predicted molar refractivity (Wildman–Crippen MR) is 189 cm³/mol. The highest BCUT2D eigenvalue weighted by Crippen LogP contribution is 2.38. The molecule has 41 heavy (non-hydrogen) atoms. The van der Waals surface area contributed by atoms with E-state index in [1.807, 2.05) is 30.3 Å². The number of carbonyl (C=O) groups is 1. The Labute approximate surface area is 273 Å². The summed E-state index contributed by atoms with van der Waals surface area (Å²) in [6.45, 7) is 6.85. The summed E-state index contributed by atoms with van der Waals surface area (Å²) < 4.78 is 8.20. The summed E-state index contributed by atoms with van der Waals surface area (Å²) in [6.07, 6.45) is 3.87. The van der Waals surface area contributed by atoms with Gasteiger partial charge in [-0.05, 0) is 141 Å². The van der Waals surface area contributed by atoms with Crippen molar-refractivity contribution in [1.29, 1.82) is 0 Å². The Morgan fingerprint density at radius 3 is 1.98 bits per heavy atom. The van der Waals surface area contributed by atoms with Crippen molar-refractivity contribution in [2.45, 2.75) is 40.2 Å². The first-order valence-corrected chi connectivity index (χ1v) is 16.5. The maximum absolute atomic E-state index is 13.8. The molecule has 5 rings (SSSR count). The van der Waals surface area contributed by atoms with Crippen LogP contribution in [0.5, 0.6) is 5.75 Å². The highest BCUT2D eigenvalue weighted by molar-refractivity contribution is 14.1. The van der Waals surface area contributed by atoms with Crippen molar-refractivity contribution < 1.29 is 9.53 Å². The quantitative estimate of drug-likeness (QED) is 0.132. The number of benzene rings is 4. The molecule has 1 saturated heterocycles. The first-order valence-electron chi connectivity index (χ1n) is 13.5. The number of amidine groups is 1. The lowest BCUT2D eigenvalue weighted by Crippen LogP contribution is -2.28. The number of anilines is 1. The van der Waals surface area contributed by atoms with Gasteiger partial charge in [0, 0.05) is 0 Å². The van der Waals surface area contributed by atoms with E-state index in [2.05, 4.69) is 127 Å². The number of amides is 1. The van der Waals surface area contributed by atoms with E-state index in [1.165, 1.54) is 28.5 Å². The van der Waals surface area contributed by atoms with Gasteiger partial charge in [-0.1, -0.05) is 67.9 Å². The van der Waals surface area contributed by atoms with Crippen LogP contribution >= 0.6 is 56.9 Å². The molecule has 4 aromatic carbocycles. The van der Waals surface area contributed by atoms with Gasteiger partial charge in [-0.2, -0.15) is 0 Å². The van der Waals surface area contributed by atoms with Crippen molar-refractivity contribution in [3.05, 3.63) is 125 Å². The number of rotatable bonds is 8. The third-order valence-corrected chi connectivity index (χ3v) is 9.37. The van der Waals surface area contributed by atoms with Gasteiger partial charge in [-0.15, -0.1) is 0 Å². The van der Waals surface area contributed by atoms with E-state index in [4.69, 9.17) is 9.73 Å². The topological polar surface area (TPSA) is 41.9 Å². The monoisotopic (exact) mass is 784 g/mol. The van der Waals surface area contributed by atoms with Crippen LogP contribution in [0.4, 0.5) is 11.4 Å². The van der Waals surface area contributed by atoms with Crippen molar-refractivity contribution in [2.24, 2.45) is 4.99 Å². The molecule has 0 unspecified atom stereocenters. The number of carbonyl (C=O) groups excluding carboxylic acids is 1. The molecule has 1 heterocycles. The lowest BCUT2D eigenvalue weighted by atomic mass is 10.1. The third-order valence-electron chi connectivity index (χ3n) is 6.80. The Kier molecular flexibility index (Phi) is 9.87. The molecule has 1 amide bonds. The fraction of sp³-hybridized carbons (Fsp3) is 0.176. The Morgan fingerprint density at radius 1 is 0.829 bits per heavy atom. The first-order chi connectivity index (χ1) is 19.8. The maximum Gasteiger partial charge on any atom is 0.271 e. The number of nitrogens with zero attached hydrogens (tertiary/aromatic N) is 2. The van der Waals surface area contributed by atoms with E-state index in [1.54, 1.807) is 4.90 Å². The summed E-state index contributed by atoms with van der Waals surface area (Å²) >= 11 is 6.03. The van der Waals surface area contributed by atoms with Crippen LogP contribution in [-0.2, 0) is 24.2 Å². The van der Waals surface area contributed by atoms with Crippen molar-refractivity contribution in [2.75, 3.05) is 4.90 Å². The summed E-state index contributed by atoms with van der Waals surface area (Å²) in [5.41, 5.74) is 7.44. The summed E-state index contributed by atoms with van der Waals surface area (Å²) in [7, 11) is 0. The minimum absolute atomic E-state index is 0.0760. The van der Waals surface area contributed by atoms with Crippen LogP contribution in [0.3, 0.4) is 0 Å². The van der Waals surface area contributed by atoms with Crippen molar-refractivity contribution in [3.8, 4) is 5.75 Å². The van der Waals surface area contributed by atoms with E-state index >= 15 is 0 Å². The normalized spacial score (nSPS) is 15.2. The van der Waals surface area contributed by atoms with Gasteiger partial charge in [-0.25, -0.2) is 4.99 Å². The second-order valence-corrected chi connectivity index (χ2v) is 13.1. The minimum atomic E-state index is -0.0760. The van der Waals surface area contributed by atoms with Gasteiger partial charge in [0.15, 0.2) is 5.17 Å². The predicted octanol–water partition coefficient (Wildman–Crippen LogP) is 9.72. The molecule has 0 aliphatic carbocycles. The zero-order valence-corrected chi connectivity index (χ0v) is 28.3. The van der Waals surface area contributed by atoms with Gasteiger partial charge in [0.05, 0.1) is 23.4 Å². The highest BCUT2D eigenvalue weighted by Gasteiger charge is 2.35. The van der Waals surface area contributed by atoms with Gasteiger partial charge < -0.3 is 4.74 Å². The fourth-order valence-electron chi connectivity index (χ4n) is 4.37. The number of aliphatic imine (C=N–C) groups is 1. The Hall–Kier alpha value is -2.63. The van der Waals surface area contributed by atoms with E-state index in [9.17, 15) is 4.79 Å². The number of hydrogen-bond acceptors (Lipinski definition) is 4. The zero-order chi connectivity index (χ0) is 28.9. The third kappa shape index (κ3) is 7.24. The number of ether oxygens (including phenoxy) is 1. The van der Waals surface area contributed by atoms with Gasteiger partial charge in [0.1, 0.15) is 12.4 Å². The lowest BCUT2D eigenvalue weighted by molar-refractivity contribution is -0.113. The molecular weight excluding hydrogens is 754 g/mol. The fourth-order valence-corrected chi connectivity index (χ4v) is 7.49. The zero-order valence-electron chi connectivity index (χ0n) is 23.2. The van der Waals surface area contributed by atoms with Gasteiger partial charge in [-0.3, -0.25) is 9.69 Å². The lowest BCUT2D eigenvalue weighted by Gasteiger charge is -2.16. The molecule has 0 N–H and O–H groups in total. The highest BCUT2D eigenvalue weighted by atomic mass is 127. The van der Waals surface area contributed by atoms with Crippen molar-refractivity contribution >= 4 is 85.5 Å². The molecule has 1 aliphatic heterocycles.